The van der Waals surface area contributed by atoms with Crippen molar-refractivity contribution in [1.29, 1.82) is 0 Å². The van der Waals surface area contributed by atoms with Crippen LogP contribution in [-0.2, 0) is 9.47 Å². The number of methoxy groups -OCH3 is 1. The predicted octanol–water partition coefficient (Wildman–Crippen LogP) is 1.85. The lowest BCUT2D eigenvalue weighted by molar-refractivity contribution is -0.0274. The molecule has 82 valence electrons. The molecule has 1 aromatic carbocycles. The molecule has 0 spiro atoms. The van der Waals surface area contributed by atoms with E-state index in [2.05, 4.69) is 0 Å². The summed E-state index contributed by atoms with van der Waals surface area (Å²) in [5.74, 6) is 0.308. The van der Waals surface area contributed by atoms with Crippen LogP contribution in [0.25, 0.3) is 0 Å². The van der Waals surface area contributed by atoms with Gasteiger partial charge in [0.05, 0.1) is 12.7 Å². The van der Waals surface area contributed by atoms with Gasteiger partial charge in [0.1, 0.15) is 5.75 Å². The maximum Gasteiger partial charge on any atom is 0.340 e. The first-order chi connectivity index (χ1) is 7.27. The van der Waals surface area contributed by atoms with E-state index in [4.69, 9.17) is 14.2 Å². The second kappa shape index (κ2) is 6.03. The number of hydrogen-bond acceptors (Lipinski definition) is 4. The summed E-state index contributed by atoms with van der Waals surface area (Å²) in [6.07, 6.45) is 0. The topological polar surface area (TPSA) is 44.8 Å². The number of carbonyl (C=O) groups is 1. The summed E-state index contributed by atoms with van der Waals surface area (Å²) in [5.41, 5.74) is 0.482. The molecule has 0 bridgehead atoms. The molecule has 0 amide bonds. The van der Waals surface area contributed by atoms with Crippen molar-refractivity contribution < 1.29 is 19.0 Å². The summed E-state index contributed by atoms with van der Waals surface area (Å²) in [7, 11) is 1.57. The summed E-state index contributed by atoms with van der Waals surface area (Å²) >= 11 is 0. The van der Waals surface area contributed by atoms with Crippen LogP contribution in [0, 0.1) is 0 Å². The van der Waals surface area contributed by atoms with Crippen molar-refractivity contribution in [2.45, 2.75) is 6.92 Å². The minimum Gasteiger partial charge on any atom is -0.497 e. The molecule has 0 aliphatic rings. The molecule has 15 heavy (non-hydrogen) atoms. The molecule has 0 radical (unpaired) electrons. The van der Waals surface area contributed by atoms with Gasteiger partial charge in [-0.05, 0) is 31.2 Å². The number of carbonyl (C=O) groups excluding carboxylic acids is 1. The van der Waals surface area contributed by atoms with E-state index in [1.54, 1.807) is 31.4 Å². The molecule has 0 N–H and O–H groups in total. The van der Waals surface area contributed by atoms with Gasteiger partial charge in [-0.15, -0.1) is 0 Å². The average Bonchev–Trinajstić information content (AvgIpc) is 2.29. The van der Waals surface area contributed by atoms with Crippen molar-refractivity contribution in [1.82, 2.24) is 0 Å². The van der Waals surface area contributed by atoms with E-state index in [1.807, 2.05) is 6.92 Å². The lowest BCUT2D eigenvalue weighted by Gasteiger charge is -2.04. The van der Waals surface area contributed by atoms with Crippen molar-refractivity contribution in [2.24, 2.45) is 0 Å². The summed E-state index contributed by atoms with van der Waals surface area (Å²) in [4.78, 5) is 11.4. The molecule has 0 saturated carbocycles. The standard InChI is InChI=1S/C11H14O4/c1-3-14-8-15-11(12)9-4-6-10(13-2)7-5-9/h4-7H,3,8H2,1-2H3. The van der Waals surface area contributed by atoms with Gasteiger partial charge in [0.2, 0.25) is 0 Å². The Kier molecular flexibility index (Phi) is 4.63. The van der Waals surface area contributed by atoms with Crippen LogP contribution in [0.15, 0.2) is 24.3 Å². The number of benzene rings is 1. The Morgan fingerprint density at radius 3 is 2.47 bits per heavy atom. The SMILES string of the molecule is CCOCOC(=O)c1ccc(OC)cc1. The second-order valence-corrected chi connectivity index (χ2v) is 2.77. The zero-order valence-corrected chi connectivity index (χ0v) is 8.86. The highest BCUT2D eigenvalue weighted by atomic mass is 16.7. The molecule has 1 aromatic rings. The molecule has 0 aromatic heterocycles. The van der Waals surface area contributed by atoms with Gasteiger partial charge in [-0.1, -0.05) is 0 Å². The molecule has 0 unspecified atom stereocenters. The van der Waals surface area contributed by atoms with Crippen molar-refractivity contribution in [3.63, 3.8) is 0 Å². The van der Waals surface area contributed by atoms with Gasteiger partial charge >= 0.3 is 5.97 Å². The average molecular weight is 210 g/mol. The molecule has 0 atom stereocenters. The van der Waals surface area contributed by atoms with Crippen molar-refractivity contribution in [2.75, 3.05) is 20.5 Å². The quantitative estimate of drug-likeness (QED) is 0.422. The van der Waals surface area contributed by atoms with E-state index in [0.717, 1.165) is 0 Å². The van der Waals surface area contributed by atoms with E-state index in [1.165, 1.54) is 0 Å². The number of ether oxygens (including phenoxy) is 3. The highest BCUT2D eigenvalue weighted by molar-refractivity contribution is 5.89. The largest absolute Gasteiger partial charge is 0.497 e. The van der Waals surface area contributed by atoms with E-state index in [9.17, 15) is 4.79 Å². The smallest absolute Gasteiger partial charge is 0.340 e. The minimum absolute atomic E-state index is 0.0125. The Morgan fingerprint density at radius 2 is 1.93 bits per heavy atom. The van der Waals surface area contributed by atoms with Crippen LogP contribution in [0.3, 0.4) is 0 Å². The predicted molar refractivity (Wildman–Crippen MR) is 54.9 cm³/mol. The Labute approximate surface area is 88.8 Å². The summed E-state index contributed by atoms with van der Waals surface area (Å²) in [6, 6.07) is 6.70. The second-order valence-electron chi connectivity index (χ2n) is 2.77. The van der Waals surface area contributed by atoms with Gasteiger partial charge < -0.3 is 14.2 Å². The van der Waals surface area contributed by atoms with Crippen LogP contribution >= 0.6 is 0 Å². The molecule has 4 nitrogen and oxygen atoms in total. The fourth-order valence-corrected chi connectivity index (χ4v) is 0.989. The van der Waals surface area contributed by atoms with E-state index in [0.29, 0.717) is 17.9 Å². The molecular formula is C11H14O4. The van der Waals surface area contributed by atoms with Gasteiger partial charge in [-0.3, -0.25) is 0 Å². The van der Waals surface area contributed by atoms with Crippen LogP contribution < -0.4 is 4.74 Å². The Bertz CT molecular complexity index is 305. The molecule has 0 aliphatic carbocycles. The Hall–Kier alpha value is -1.55. The van der Waals surface area contributed by atoms with Crippen LogP contribution in [0.4, 0.5) is 0 Å². The third-order valence-electron chi connectivity index (χ3n) is 1.80. The first-order valence-corrected chi connectivity index (χ1v) is 4.67. The first kappa shape index (κ1) is 11.5. The molecule has 0 aliphatic heterocycles. The zero-order valence-electron chi connectivity index (χ0n) is 8.86. The van der Waals surface area contributed by atoms with E-state index in [-0.39, 0.29) is 6.79 Å². The number of hydrogen-bond donors (Lipinski definition) is 0. The first-order valence-electron chi connectivity index (χ1n) is 4.67. The van der Waals surface area contributed by atoms with Crippen molar-refractivity contribution >= 4 is 5.97 Å². The molecule has 0 saturated heterocycles. The molecule has 0 fully saturated rings. The minimum atomic E-state index is -0.397. The highest BCUT2D eigenvalue weighted by Gasteiger charge is 2.06. The summed E-state index contributed by atoms with van der Waals surface area (Å²) < 4.78 is 14.7. The van der Waals surface area contributed by atoms with E-state index < -0.39 is 5.97 Å². The normalized spacial score (nSPS) is 9.73. The molecular weight excluding hydrogens is 196 g/mol. The van der Waals surface area contributed by atoms with Crippen LogP contribution in [0.5, 0.6) is 5.75 Å². The molecule has 4 heteroatoms. The van der Waals surface area contributed by atoms with Gasteiger partial charge in [-0.2, -0.15) is 0 Å². The van der Waals surface area contributed by atoms with E-state index >= 15 is 0 Å². The third kappa shape index (κ3) is 3.59. The van der Waals surface area contributed by atoms with Gasteiger partial charge in [0.25, 0.3) is 0 Å². The summed E-state index contributed by atoms with van der Waals surface area (Å²) in [6.45, 7) is 2.35. The zero-order chi connectivity index (χ0) is 11.1. The fourth-order valence-electron chi connectivity index (χ4n) is 0.989. The van der Waals surface area contributed by atoms with Gasteiger partial charge in [0.15, 0.2) is 6.79 Å². The fraction of sp³-hybridized carbons (Fsp3) is 0.364. The van der Waals surface area contributed by atoms with Crippen molar-refractivity contribution in [3.05, 3.63) is 29.8 Å². The van der Waals surface area contributed by atoms with Crippen molar-refractivity contribution in [3.8, 4) is 5.75 Å². The summed E-state index contributed by atoms with van der Waals surface area (Å²) in [5, 5.41) is 0. The number of esters is 1. The number of rotatable bonds is 5. The Balaban J connectivity index is 2.50. The van der Waals surface area contributed by atoms with Gasteiger partial charge in [-0.25, -0.2) is 4.79 Å². The monoisotopic (exact) mass is 210 g/mol. The lowest BCUT2D eigenvalue weighted by atomic mass is 10.2. The molecule has 1 rings (SSSR count). The highest BCUT2D eigenvalue weighted by Crippen LogP contribution is 2.11. The third-order valence-corrected chi connectivity index (χ3v) is 1.80. The maximum atomic E-state index is 11.4. The van der Waals surface area contributed by atoms with Gasteiger partial charge in [0, 0.05) is 6.61 Å². The Morgan fingerprint density at radius 1 is 1.27 bits per heavy atom. The van der Waals surface area contributed by atoms with Crippen LogP contribution in [-0.4, -0.2) is 26.5 Å². The maximum absolute atomic E-state index is 11.4. The van der Waals surface area contributed by atoms with Crippen LogP contribution in [0.2, 0.25) is 0 Å². The lowest BCUT2D eigenvalue weighted by Crippen LogP contribution is -2.08. The van der Waals surface area contributed by atoms with Crippen LogP contribution in [0.1, 0.15) is 17.3 Å². The molecule has 0 heterocycles.